The highest BCUT2D eigenvalue weighted by Crippen LogP contribution is 2.20. The SMILES string of the molecule is Cc1nc(C(F)F)[nH]c1[N+](=O)[O-]. The first-order chi connectivity index (χ1) is 5.52. The second kappa shape index (κ2) is 2.84. The third kappa shape index (κ3) is 1.39. The van der Waals surface area contributed by atoms with E-state index in [4.69, 9.17) is 0 Å². The van der Waals surface area contributed by atoms with Crippen LogP contribution < -0.4 is 0 Å². The zero-order valence-corrected chi connectivity index (χ0v) is 6.04. The van der Waals surface area contributed by atoms with Crippen molar-refractivity contribution in [3.63, 3.8) is 0 Å². The number of alkyl halides is 2. The minimum absolute atomic E-state index is 0.0321. The molecule has 0 aliphatic heterocycles. The molecule has 0 spiro atoms. The predicted molar refractivity (Wildman–Crippen MR) is 34.9 cm³/mol. The highest BCUT2D eigenvalue weighted by molar-refractivity contribution is 5.26. The molecule has 7 heteroatoms. The Bertz CT molecular complexity index is 310. The van der Waals surface area contributed by atoms with E-state index in [1.807, 2.05) is 4.98 Å². The molecule has 0 unspecified atom stereocenters. The minimum Gasteiger partial charge on any atom is -0.358 e. The average molecular weight is 177 g/mol. The molecule has 0 aromatic carbocycles. The third-order valence-electron chi connectivity index (χ3n) is 1.27. The Morgan fingerprint density at radius 1 is 1.67 bits per heavy atom. The maximum atomic E-state index is 11.9. The fourth-order valence-electron chi connectivity index (χ4n) is 0.754. The number of halogens is 2. The molecule has 0 fully saturated rings. The van der Waals surface area contributed by atoms with Gasteiger partial charge in [0.2, 0.25) is 0 Å². The van der Waals surface area contributed by atoms with Gasteiger partial charge < -0.3 is 10.1 Å². The Morgan fingerprint density at radius 2 is 2.25 bits per heavy atom. The van der Waals surface area contributed by atoms with Gasteiger partial charge in [0.05, 0.1) is 0 Å². The third-order valence-corrected chi connectivity index (χ3v) is 1.27. The van der Waals surface area contributed by atoms with E-state index in [1.54, 1.807) is 0 Å². The summed E-state index contributed by atoms with van der Waals surface area (Å²) in [5, 5.41) is 10.1. The lowest BCUT2D eigenvalue weighted by atomic mass is 10.5. The molecule has 1 heterocycles. The first-order valence-corrected chi connectivity index (χ1v) is 3.01. The van der Waals surface area contributed by atoms with Crippen LogP contribution in [-0.4, -0.2) is 14.9 Å². The number of aromatic amines is 1. The lowest BCUT2D eigenvalue weighted by Gasteiger charge is -1.88. The van der Waals surface area contributed by atoms with Crippen molar-refractivity contribution in [3.05, 3.63) is 21.6 Å². The van der Waals surface area contributed by atoms with Crippen LogP contribution >= 0.6 is 0 Å². The maximum absolute atomic E-state index is 11.9. The Labute approximate surface area is 65.6 Å². The van der Waals surface area contributed by atoms with Gasteiger partial charge in [0, 0.05) is 0 Å². The molecule has 66 valence electrons. The van der Waals surface area contributed by atoms with Gasteiger partial charge in [0.15, 0.2) is 0 Å². The lowest BCUT2D eigenvalue weighted by Crippen LogP contribution is -1.90. The summed E-state index contributed by atoms with van der Waals surface area (Å²) < 4.78 is 23.8. The maximum Gasteiger partial charge on any atom is 0.343 e. The summed E-state index contributed by atoms with van der Waals surface area (Å²) in [5.74, 6) is -1.15. The van der Waals surface area contributed by atoms with Crippen LogP contribution in [0.25, 0.3) is 0 Å². The van der Waals surface area contributed by atoms with Gasteiger partial charge in [-0.1, -0.05) is 0 Å². The van der Waals surface area contributed by atoms with E-state index in [1.165, 1.54) is 6.92 Å². The van der Waals surface area contributed by atoms with E-state index in [0.29, 0.717) is 0 Å². The van der Waals surface area contributed by atoms with Crippen LogP contribution in [0.1, 0.15) is 17.9 Å². The first kappa shape index (κ1) is 8.57. The molecule has 0 aliphatic carbocycles. The standard InChI is InChI=1S/C5H5F2N3O2/c1-2-5(10(11)12)9-4(8-2)3(6)7/h3H,1H3,(H,8,9). The Kier molecular flexibility index (Phi) is 2.03. The largest absolute Gasteiger partial charge is 0.358 e. The number of aryl methyl sites for hydroxylation is 1. The Hall–Kier alpha value is -1.53. The Balaban J connectivity index is 3.09. The summed E-state index contributed by atoms with van der Waals surface area (Å²) >= 11 is 0. The molecule has 5 nitrogen and oxygen atoms in total. The van der Waals surface area contributed by atoms with E-state index in [9.17, 15) is 18.9 Å². The quantitative estimate of drug-likeness (QED) is 0.550. The summed E-state index contributed by atoms with van der Waals surface area (Å²) in [4.78, 5) is 14.6. The smallest absolute Gasteiger partial charge is 0.343 e. The number of imidazole rings is 1. The molecule has 0 saturated carbocycles. The molecular formula is C5H5F2N3O2. The molecule has 0 aliphatic rings. The summed E-state index contributed by atoms with van der Waals surface area (Å²) in [6, 6.07) is 0. The van der Waals surface area contributed by atoms with Crippen LogP contribution in [-0.2, 0) is 0 Å². The minimum atomic E-state index is -2.81. The first-order valence-electron chi connectivity index (χ1n) is 3.01. The van der Waals surface area contributed by atoms with Crippen molar-refractivity contribution in [1.82, 2.24) is 9.97 Å². The van der Waals surface area contributed by atoms with Crippen LogP contribution in [0.3, 0.4) is 0 Å². The number of H-pyrrole nitrogens is 1. The predicted octanol–water partition coefficient (Wildman–Crippen LogP) is 1.56. The summed E-state index contributed by atoms with van der Waals surface area (Å²) in [6.45, 7) is 1.29. The topological polar surface area (TPSA) is 71.8 Å². The average Bonchev–Trinajstić information content (AvgIpc) is 2.30. The zero-order chi connectivity index (χ0) is 9.30. The summed E-state index contributed by atoms with van der Waals surface area (Å²) in [5.41, 5.74) is -0.0321. The summed E-state index contributed by atoms with van der Waals surface area (Å²) in [7, 11) is 0. The van der Waals surface area contributed by atoms with Crippen LogP contribution in [0.15, 0.2) is 0 Å². The van der Waals surface area contributed by atoms with Gasteiger partial charge in [-0.2, -0.15) is 8.78 Å². The van der Waals surface area contributed by atoms with Crippen LogP contribution in [0.5, 0.6) is 0 Å². The number of nitrogens with one attached hydrogen (secondary N) is 1. The molecule has 0 bridgehead atoms. The van der Waals surface area contributed by atoms with Crippen LogP contribution in [0.4, 0.5) is 14.6 Å². The second-order valence-corrected chi connectivity index (χ2v) is 2.11. The van der Waals surface area contributed by atoms with Crippen molar-refractivity contribution in [2.45, 2.75) is 13.3 Å². The van der Waals surface area contributed by atoms with Crippen molar-refractivity contribution in [1.29, 1.82) is 0 Å². The van der Waals surface area contributed by atoms with Crippen molar-refractivity contribution in [2.75, 3.05) is 0 Å². The molecule has 1 N–H and O–H groups in total. The van der Waals surface area contributed by atoms with E-state index in [2.05, 4.69) is 4.98 Å². The van der Waals surface area contributed by atoms with Gasteiger partial charge in [-0.15, -0.1) is 0 Å². The number of nitrogens with zero attached hydrogens (tertiary/aromatic N) is 2. The highest BCUT2D eigenvalue weighted by Gasteiger charge is 2.22. The Morgan fingerprint density at radius 3 is 2.50 bits per heavy atom. The molecule has 0 saturated heterocycles. The van der Waals surface area contributed by atoms with Crippen LogP contribution in [0.2, 0.25) is 0 Å². The van der Waals surface area contributed by atoms with Crippen molar-refractivity contribution < 1.29 is 13.7 Å². The van der Waals surface area contributed by atoms with E-state index in [-0.39, 0.29) is 5.69 Å². The highest BCUT2D eigenvalue weighted by atomic mass is 19.3. The second-order valence-electron chi connectivity index (χ2n) is 2.11. The van der Waals surface area contributed by atoms with Crippen molar-refractivity contribution in [2.24, 2.45) is 0 Å². The molecular weight excluding hydrogens is 172 g/mol. The van der Waals surface area contributed by atoms with Gasteiger partial charge in [0.1, 0.15) is 5.69 Å². The number of rotatable bonds is 2. The fraction of sp³-hybridized carbons (Fsp3) is 0.400. The summed E-state index contributed by atoms with van der Waals surface area (Å²) in [6.07, 6.45) is -2.81. The fourth-order valence-corrected chi connectivity index (χ4v) is 0.754. The van der Waals surface area contributed by atoms with Crippen molar-refractivity contribution >= 4 is 5.82 Å². The van der Waals surface area contributed by atoms with Crippen LogP contribution in [0, 0.1) is 17.0 Å². The monoisotopic (exact) mass is 177 g/mol. The molecule has 0 radical (unpaired) electrons. The van der Waals surface area contributed by atoms with E-state index < -0.39 is 23.0 Å². The number of aromatic nitrogens is 2. The van der Waals surface area contributed by atoms with Gasteiger partial charge >= 0.3 is 12.2 Å². The molecule has 12 heavy (non-hydrogen) atoms. The molecule has 1 aromatic heterocycles. The van der Waals surface area contributed by atoms with Gasteiger partial charge in [-0.05, 0) is 11.8 Å². The molecule has 1 rings (SSSR count). The number of nitro groups is 1. The normalized spacial score (nSPS) is 10.7. The zero-order valence-electron chi connectivity index (χ0n) is 6.04. The molecule has 0 amide bonds. The molecule has 0 atom stereocenters. The van der Waals surface area contributed by atoms with Gasteiger partial charge in [0.25, 0.3) is 5.82 Å². The molecule has 1 aromatic rings. The van der Waals surface area contributed by atoms with Gasteiger partial charge in [-0.25, -0.2) is 9.97 Å². The van der Waals surface area contributed by atoms with E-state index in [0.717, 1.165) is 0 Å². The van der Waals surface area contributed by atoms with E-state index >= 15 is 0 Å². The lowest BCUT2D eigenvalue weighted by molar-refractivity contribution is -0.390. The van der Waals surface area contributed by atoms with Crippen molar-refractivity contribution in [3.8, 4) is 0 Å². The number of hydrogen-bond donors (Lipinski definition) is 1. The van der Waals surface area contributed by atoms with Gasteiger partial charge in [-0.3, -0.25) is 0 Å². The number of hydrogen-bond acceptors (Lipinski definition) is 3.